The summed E-state index contributed by atoms with van der Waals surface area (Å²) in [5.41, 5.74) is 0.613. The van der Waals surface area contributed by atoms with Gasteiger partial charge in [-0.3, -0.25) is 9.79 Å². The highest BCUT2D eigenvalue weighted by Crippen LogP contribution is 2.51. The van der Waals surface area contributed by atoms with Crippen LogP contribution in [0.15, 0.2) is 64.5 Å². The molecule has 1 amide bonds. The normalized spacial score (nSPS) is 14.8. The number of rotatable bonds is 9. The van der Waals surface area contributed by atoms with Crippen LogP contribution in [0.3, 0.4) is 0 Å². The van der Waals surface area contributed by atoms with Gasteiger partial charge in [0.2, 0.25) is 0 Å². The first-order chi connectivity index (χ1) is 14.1. The van der Waals surface area contributed by atoms with Crippen LogP contribution in [-0.2, 0) is 0 Å². The number of amides is 1. The van der Waals surface area contributed by atoms with Crippen molar-refractivity contribution in [3.63, 3.8) is 0 Å². The van der Waals surface area contributed by atoms with Gasteiger partial charge in [0, 0.05) is 41.9 Å². The van der Waals surface area contributed by atoms with Crippen LogP contribution in [0.1, 0.15) is 23.2 Å². The van der Waals surface area contributed by atoms with Crippen molar-refractivity contribution >= 4 is 23.6 Å². The molecule has 0 spiro atoms. The Morgan fingerprint density at radius 1 is 1.03 bits per heavy atom. The number of hydrogen-bond donors (Lipinski definition) is 3. The molecule has 154 valence electrons. The minimum absolute atomic E-state index is 0.103. The van der Waals surface area contributed by atoms with Crippen molar-refractivity contribution in [1.82, 2.24) is 16.0 Å². The summed E-state index contributed by atoms with van der Waals surface area (Å²) in [6, 6.07) is 17.6. The topological polar surface area (TPSA) is 74.8 Å². The largest absolute Gasteiger partial charge is 0.497 e. The number of carbonyl (C=O) groups is 1. The second-order valence-electron chi connectivity index (χ2n) is 6.94. The van der Waals surface area contributed by atoms with Crippen LogP contribution < -0.4 is 20.7 Å². The van der Waals surface area contributed by atoms with E-state index in [1.54, 1.807) is 38.4 Å². The molecule has 7 heteroatoms. The lowest BCUT2D eigenvalue weighted by atomic mass is 10.2. The number of hydrogen-bond acceptors (Lipinski definition) is 4. The molecule has 0 aromatic heterocycles. The van der Waals surface area contributed by atoms with Gasteiger partial charge in [-0.05, 0) is 49.2 Å². The Labute approximate surface area is 176 Å². The number of carbonyl (C=O) groups excluding carboxylic acids is 1. The number of methoxy groups -OCH3 is 1. The highest BCUT2D eigenvalue weighted by atomic mass is 32.2. The third-order valence-electron chi connectivity index (χ3n) is 4.74. The molecule has 0 radical (unpaired) electrons. The summed E-state index contributed by atoms with van der Waals surface area (Å²) >= 11 is 1.93. The van der Waals surface area contributed by atoms with Crippen LogP contribution in [0.5, 0.6) is 5.75 Å². The van der Waals surface area contributed by atoms with Gasteiger partial charge >= 0.3 is 0 Å². The lowest BCUT2D eigenvalue weighted by molar-refractivity contribution is 0.0954. The fourth-order valence-corrected chi connectivity index (χ4v) is 4.10. The molecule has 1 aliphatic rings. The maximum absolute atomic E-state index is 12.2. The molecule has 1 aliphatic carbocycles. The first-order valence-electron chi connectivity index (χ1n) is 9.75. The molecular formula is C22H28N4O2S. The Kier molecular flexibility index (Phi) is 7.41. The Hall–Kier alpha value is -2.67. The minimum atomic E-state index is -0.103. The van der Waals surface area contributed by atoms with E-state index in [9.17, 15) is 4.79 Å². The van der Waals surface area contributed by atoms with Crippen molar-refractivity contribution in [2.45, 2.75) is 22.5 Å². The molecular weight excluding hydrogens is 384 g/mol. The zero-order valence-corrected chi connectivity index (χ0v) is 17.7. The number of guanidine groups is 1. The maximum Gasteiger partial charge on any atom is 0.251 e. The van der Waals surface area contributed by atoms with Crippen molar-refractivity contribution in [1.29, 1.82) is 0 Å². The molecule has 0 heterocycles. The van der Waals surface area contributed by atoms with Gasteiger partial charge in [0.05, 0.1) is 7.11 Å². The molecule has 2 aromatic carbocycles. The lowest BCUT2D eigenvalue weighted by Crippen LogP contribution is -2.44. The standard InChI is InChI=1S/C22H28N4O2S/c1-23-21(26-16-22(12-13-22)29-19-6-4-3-5-7-19)25-15-14-24-20(27)17-8-10-18(28-2)11-9-17/h3-11H,12-16H2,1-2H3,(H,24,27)(H2,23,25,26). The van der Waals surface area contributed by atoms with E-state index >= 15 is 0 Å². The van der Waals surface area contributed by atoms with E-state index in [4.69, 9.17) is 4.74 Å². The highest BCUT2D eigenvalue weighted by molar-refractivity contribution is 8.01. The predicted octanol–water partition coefficient (Wildman–Crippen LogP) is 2.91. The molecule has 3 N–H and O–H groups in total. The Morgan fingerprint density at radius 3 is 2.34 bits per heavy atom. The van der Waals surface area contributed by atoms with Gasteiger partial charge in [-0.15, -0.1) is 11.8 Å². The van der Waals surface area contributed by atoms with E-state index in [1.165, 1.54) is 17.7 Å². The van der Waals surface area contributed by atoms with E-state index < -0.39 is 0 Å². The van der Waals surface area contributed by atoms with Gasteiger partial charge in [0.15, 0.2) is 5.96 Å². The van der Waals surface area contributed by atoms with Gasteiger partial charge < -0.3 is 20.7 Å². The fraction of sp³-hybridized carbons (Fsp3) is 0.364. The van der Waals surface area contributed by atoms with Crippen LogP contribution in [0, 0.1) is 0 Å². The summed E-state index contributed by atoms with van der Waals surface area (Å²) in [7, 11) is 3.36. The van der Waals surface area contributed by atoms with Crippen molar-refractivity contribution in [2.75, 3.05) is 33.8 Å². The monoisotopic (exact) mass is 412 g/mol. The molecule has 0 unspecified atom stereocenters. The van der Waals surface area contributed by atoms with Crippen LogP contribution in [0.2, 0.25) is 0 Å². The number of aliphatic imine (C=N–C) groups is 1. The molecule has 0 bridgehead atoms. The average molecular weight is 413 g/mol. The molecule has 1 saturated carbocycles. The molecule has 0 saturated heterocycles. The minimum Gasteiger partial charge on any atom is -0.497 e. The maximum atomic E-state index is 12.2. The summed E-state index contributed by atoms with van der Waals surface area (Å²) in [5, 5.41) is 9.57. The zero-order valence-electron chi connectivity index (χ0n) is 16.9. The third-order valence-corrected chi connectivity index (χ3v) is 6.24. The van der Waals surface area contributed by atoms with Gasteiger partial charge in [0.1, 0.15) is 5.75 Å². The number of benzene rings is 2. The van der Waals surface area contributed by atoms with Crippen molar-refractivity contribution in [3.8, 4) is 5.75 Å². The van der Waals surface area contributed by atoms with Crippen LogP contribution in [0.4, 0.5) is 0 Å². The molecule has 29 heavy (non-hydrogen) atoms. The Bertz CT molecular complexity index is 820. The first-order valence-corrected chi connectivity index (χ1v) is 10.6. The van der Waals surface area contributed by atoms with Crippen molar-refractivity contribution in [2.24, 2.45) is 4.99 Å². The predicted molar refractivity (Wildman–Crippen MR) is 119 cm³/mol. The highest BCUT2D eigenvalue weighted by Gasteiger charge is 2.43. The first kappa shape index (κ1) is 21.0. The van der Waals surface area contributed by atoms with Crippen molar-refractivity contribution in [3.05, 3.63) is 60.2 Å². The van der Waals surface area contributed by atoms with Gasteiger partial charge in [0.25, 0.3) is 5.91 Å². The molecule has 6 nitrogen and oxygen atoms in total. The van der Waals surface area contributed by atoms with Gasteiger partial charge in [-0.1, -0.05) is 18.2 Å². The van der Waals surface area contributed by atoms with Crippen LogP contribution in [-0.4, -0.2) is 50.4 Å². The third kappa shape index (κ3) is 6.42. The summed E-state index contributed by atoms with van der Waals surface area (Å²) in [6.45, 7) is 1.97. The zero-order chi connectivity index (χ0) is 20.5. The van der Waals surface area contributed by atoms with Crippen molar-refractivity contribution < 1.29 is 9.53 Å². The summed E-state index contributed by atoms with van der Waals surface area (Å²) in [5.74, 6) is 1.38. The van der Waals surface area contributed by atoms with E-state index in [2.05, 4.69) is 45.2 Å². The molecule has 1 fully saturated rings. The summed E-state index contributed by atoms with van der Waals surface area (Å²) < 4.78 is 5.36. The molecule has 2 aromatic rings. The van der Waals surface area contributed by atoms with E-state index in [-0.39, 0.29) is 10.7 Å². The second-order valence-corrected chi connectivity index (χ2v) is 8.48. The van der Waals surface area contributed by atoms with Crippen LogP contribution >= 0.6 is 11.8 Å². The van der Waals surface area contributed by atoms with Gasteiger partial charge in [-0.25, -0.2) is 0 Å². The van der Waals surface area contributed by atoms with E-state index in [1.807, 2.05) is 17.8 Å². The smallest absolute Gasteiger partial charge is 0.251 e. The number of nitrogens with one attached hydrogen (secondary N) is 3. The number of nitrogens with zero attached hydrogens (tertiary/aromatic N) is 1. The quantitative estimate of drug-likeness (QED) is 0.335. The fourth-order valence-electron chi connectivity index (χ4n) is 2.86. The second kappa shape index (κ2) is 10.2. The van der Waals surface area contributed by atoms with Gasteiger partial charge in [-0.2, -0.15) is 0 Å². The molecule has 0 atom stereocenters. The van der Waals surface area contributed by atoms with E-state index in [0.717, 1.165) is 18.3 Å². The molecule has 3 rings (SSSR count). The Morgan fingerprint density at radius 2 is 1.72 bits per heavy atom. The van der Waals surface area contributed by atoms with E-state index in [0.29, 0.717) is 18.7 Å². The SMILES string of the molecule is CN=C(NCCNC(=O)c1ccc(OC)cc1)NCC1(Sc2ccccc2)CC1. The number of thioether (sulfide) groups is 1. The Balaban J connectivity index is 1.36. The average Bonchev–Trinajstić information content (AvgIpc) is 3.53. The number of ether oxygens (including phenoxy) is 1. The lowest BCUT2D eigenvalue weighted by Gasteiger charge is -2.18. The summed E-state index contributed by atoms with van der Waals surface area (Å²) in [6.07, 6.45) is 2.41. The summed E-state index contributed by atoms with van der Waals surface area (Å²) in [4.78, 5) is 17.7. The molecule has 0 aliphatic heterocycles. The van der Waals surface area contributed by atoms with Crippen LogP contribution in [0.25, 0.3) is 0 Å².